The van der Waals surface area contributed by atoms with E-state index in [2.05, 4.69) is 22.3 Å². The molecule has 6 heteroatoms. The number of rotatable bonds is 2. The maximum Gasteiger partial charge on any atom is 2.00 e. The predicted molar refractivity (Wildman–Crippen MR) is 90.8 cm³/mol. The fraction of sp³-hybridized carbons (Fsp3) is 0.167. The van der Waals surface area contributed by atoms with Crippen molar-refractivity contribution in [2.45, 2.75) is 19.4 Å². The van der Waals surface area contributed by atoms with Gasteiger partial charge in [-0.3, -0.25) is 14.8 Å². The molecule has 0 aliphatic heterocycles. The fourth-order valence-corrected chi connectivity index (χ4v) is 1.30. The molecule has 0 fully saturated rings. The summed E-state index contributed by atoms with van der Waals surface area (Å²) in [7, 11) is 0. The molecule has 0 radical (unpaired) electrons. The number of carbonyl (C=O) groups excluding carboxylic acids is 1. The Labute approximate surface area is 170 Å². The molecule has 0 aliphatic carbocycles. The van der Waals surface area contributed by atoms with E-state index in [1.807, 2.05) is 0 Å². The van der Waals surface area contributed by atoms with Gasteiger partial charge in [0.25, 0.3) is 0 Å². The van der Waals surface area contributed by atoms with Crippen LogP contribution in [0.2, 0.25) is 0 Å². The minimum Gasteiger partial charge on any atom is -1.00 e. The topological polar surface area (TPSA) is 63.1 Å². The number of aliphatic hydroxyl groups is 1. The Hall–Kier alpha value is -1.70. The maximum atomic E-state index is 10.6. The third-order valence-corrected chi connectivity index (χ3v) is 2.47. The maximum absolute atomic E-state index is 10.6. The van der Waals surface area contributed by atoms with Crippen molar-refractivity contribution in [2.75, 3.05) is 0 Å². The van der Waals surface area contributed by atoms with Crippen LogP contribution in [0.15, 0.2) is 48.8 Å². The second-order valence-electron chi connectivity index (χ2n) is 4.20. The Morgan fingerprint density at radius 1 is 1.17 bits per heavy atom. The zero-order valence-corrected chi connectivity index (χ0v) is 16.6. The van der Waals surface area contributed by atoms with E-state index >= 15 is 0 Å². The monoisotopic (exact) mass is 396 g/mol. The number of Topliss-reactive ketones (excluding diaryl/α,β-unsaturated/α-hetero) is 1. The van der Waals surface area contributed by atoms with Crippen LogP contribution in [0.4, 0.5) is 0 Å². The Balaban J connectivity index is -0.000000313. The third-order valence-electron chi connectivity index (χ3n) is 2.47. The molecule has 2 aromatic rings. The molecule has 1 atom stereocenters. The zero-order chi connectivity index (χ0) is 17.0. The molecular weight excluding hydrogens is 380 g/mol. The van der Waals surface area contributed by atoms with E-state index in [9.17, 15) is 9.90 Å². The van der Waals surface area contributed by atoms with Gasteiger partial charge in [-0.05, 0) is 31.2 Å². The van der Waals surface area contributed by atoms with Gasteiger partial charge in [0.1, 0.15) is 5.69 Å². The number of hydrogen-bond acceptors (Lipinski definition) is 4. The van der Waals surface area contributed by atoms with E-state index in [4.69, 9.17) is 12.8 Å². The van der Waals surface area contributed by atoms with E-state index < -0.39 is 5.60 Å². The first kappa shape index (κ1) is 27.2. The molecule has 0 amide bonds. The van der Waals surface area contributed by atoms with Crippen molar-refractivity contribution in [2.24, 2.45) is 0 Å². The van der Waals surface area contributed by atoms with Crippen molar-refractivity contribution in [1.82, 2.24) is 9.97 Å². The van der Waals surface area contributed by atoms with E-state index in [-0.39, 0.29) is 45.8 Å². The van der Waals surface area contributed by atoms with Crippen LogP contribution in [0.3, 0.4) is 0 Å². The molecule has 2 rings (SSSR count). The van der Waals surface area contributed by atoms with Gasteiger partial charge >= 0.3 is 23.1 Å². The van der Waals surface area contributed by atoms with Crippen molar-refractivity contribution >= 4 is 28.8 Å². The van der Waals surface area contributed by atoms with Gasteiger partial charge < -0.3 is 34.9 Å². The van der Waals surface area contributed by atoms with Crippen LogP contribution in [0, 0.1) is 25.2 Å². The normalized spacial score (nSPS) is 10.3. The Kier molecular flexibility index (Phi) is 16.8. The van der Waals surface area contributed by atoms with Crippen molar-refractivity contribution in [1.29, 1.82) is 0 Å². The second-order valence-corrected chi connectivity index (χ2v) is 4.20. The van der Waals surface area contributed by atoms with Gasteiger partial charge in [0, 0.05) is 19.3 Å². The fourth-order valence-electron chi connectivity index (χ4n) is 1.30. The number of aromatic nitrogens is 2. The number of nitrogens with zero attached hydrogens (tertiary/aromatic N) is 2. The second kappa shape index (κ2) is 14.9. The summed E-state index contributed by atoms with van der Waals surface area (Å²) in [4.78, 5) is 18.3. The number of halogens is 1. The average molecular weight is 398 g/mol. The molecule has 0 saturated heterocycles. The van der Waals surface area contributed by atoms with Crippen LogP contribution >= 0.6 is 0 Å². The van der Waals surface area contributed by atoms with Crippen LogP contribution in [0.1, 0.15) is 30.0 Å². The average Bonchev–Trinajstić information content (AvgIpc) is 2.59. The summed E-state index contributed by atoms with van der Waals surface area (Å²) in [5.74, 6) is 2.26. The first-order chi connectivity index (χ1) is 10.5. The number of pyridine rings is 2. The SMILES string of the molecule is C#CC(C)(O)c1ccccn1.CC(=O)c1ccccn1.[Br-].[C-]#C.[Mg+2]. The molecule has 0 aliphatic rings. The number of carbonyl (C=O) groups is 1. The van der Waals surface area contributed by atoms with Crippen LogP contribution < -0.4 is 17.0 Å². The van der Waals surface area contributed by atoms with Crippen molar-refractivity contribution < 1.29 is 26.9 Å². The molecule has 0 spiro atoms. The first-order valence-electron chi connectivity index (χ1n) is 6.30. The standard InChI is InChI=1S/C9H9NO.C7H7NO.C2H.BrH.Mg/c1-3-9(2,11)8-6-4-5-7-10-8;1-6(9)7-4-2-3-5-8-7;1-2;;/h1,4-7,11H,2H3;2-5H,1H3;1H;1H;/q;;-1;;+2/p-1. The third kappa shape index (κ3) is 10.1. The summed E-state index contributed by atoms with van der Waals surface area (Å²) in [6.45, 7) is 3.04. The Bertz CT molecular complexity index is 638. The summed E-state index contributed by atoms with van der Waals surface area (Å²) in [5.41, 5.74) is -0.221. The molecular formula is C18H17BrMgN2O2. The van der Waals surface area contributed by atoms with Crippen molar-refractivity contribution in [3.8, 4) is 18.8 Å². The largest absolute Gasteiger partial charge is 2.00 e. The van der Waals surface area contributed by atoms with Gasteiger partial charge in [-0.25, -0.2) is 0 Å². The summed E-state index contributed by atoms with van der Waals surface area (Å²) in [6.07, 6.45) is 17.3. The van der Waals surface area contributed by atoms with Crippen LogP contribution in [0.5, 0.6) is 0 Å². The minimum absolute atomic E-state index is 0. The quantitative estimate of drug-likeness (QED) is 0.307. The van der Waals surface area contributed by atoms with Crippen LogP contribution in [0.25, 0.3) is 0 Å². The Morgan fingerprint density at radius 3 is 1.96 bits per heavy atom. The van der Waals surface area contributed by atoms with Gasteiger partial charge in [0.15, 0.2) is 11.4 Å². The molecule has 0 bridgehead atoms. The predicted octanol–water partition coefficient (Wildman–Crippen LogP) is -0.964. The molecule has 0 aromatic carbocycles. The minimum atomic E-state index is -1.25. The smallest absolute Gasteiger partial charge is 1.00 e. The van der Waals surface area contributed by atoms with Gasteiger partial charge in [-0.2, -0.15) is 0 Å². The van der Waals surface area contributed by atoms with Gasteiger partial charge in [0.05, 0.1) is 5.69 Å². The molecule has 0 saturated carbocycles. The first-order valence-corrected chi connectivity index (χ1v) is 6.30. The number of terminal acetylenes is 2. The van der Waals surface area contributed by atoms with Gasteiger partial charge in [-0.1, -0.05) is 18.1 Å². The number of ketones is 1. The van der Waals surface area contributed by atoms with Crippen molar-refractivity contribution in [3.05, 3.63) is 66.6 Å². The summed E-state index contributed by atoms with van der Waals surface area (Å²) < 4.78 is 0. The molecule has 120 valence electrons. The zero-order valence-electron chi connectivity index (χ0n) is 13.6. The van der Waals surface area contributed by atoms with Crippen LogP contribution in [-0.4, -0.2) is 43.9 Å². The van der Waals surface area contributed by atoms with E-state index in [1.165, 1.54) is 13.8 Å². The van der Waals surface area contributed by atoms with Gasteiger partial charge in [-0.15, -0.1) is 6.42 Å². The Morgan fingerprint density at radius 2 is 1.67 bits per heavy atom. The number of hydrogen-bond donors (Lipinski definition) is 1. The van der Waals surface area contributed by atoms with Crippen molar-refractivity contribution in [3.63, 3.8) is 0 Å². The molecule has 4 nitrogen and oxygen atoms in total. The summed E-state index contributed by atoms with van der Waals surface area (Å²) in [5, 5.41) is 9.50. The van der Waals surface area contributed by atoms with E-state index in [0.29, 0.717) is 11.4 Å². The summed E-state index contributed by atoms with van der Waals surface area (Å²) >= 11 is 0. The molecule has 24 heavy (non-hydrogen) atoms. The summed E-state index contributed by atoms with van der Waals surface area (Å²) in [6, 6.07) is 10.5. The molecule has 2 aromatic heterocycles. The molecule has 1 unspecified atom stereocenters. The van der Waals surface area contributed by atoms with E-state index in [0.717, 1.165) is 0 Å². The van der Waals surface area contributed by atoms with Crippen LogP contribution in [-0.2, 0) is 5.60 Å². The molecule has 1 N–H and O–H groups in total. The molecule has 2 heterocycles. The van der Waals surface area contributed by atoms with Gasteiger partial charge in [0.2, 0.25) is 0 Å². The van der Waals surface area contributed by atoms with E-state index in [1.54, 1.807) is 48.8 Å².